The molecule has 0 saturated heterocycles. The minimum absolute atomic E-state index is 0.427. The van der Waals surface area contributed by atoms with Crippen LogP contribution in [0.25, 0.3) is 0 Å². The van der Waals surface area contributed by atoms with Gasteiger partial charge in [-0.3, -0.25) is 0 Å². The van der Waals surface area contributed by atoms with Crippen molar-refractivity contribution < 1.29 is 0 Å². The third kappa shape index (κ3) is 4.35. The van der Waals surface area contributed by atoms with Crippen LogP contribution in [0.2, 0.25) is 5.02 Å². The number of hydrogen-bond acceptors (Lipinski definition) is 2. The maximum Gasteiger partial charge on any atom is 0.106 e. The maximum atomic E-state index is 6.18. The van der Waals surface area contributed by atoms with Gasteiger partial charge in [-0.05, 0) is 37.0 Å². The highest BCUT2D eigenvalue weighted by Gasteiger charge is 2.20. The van der Waals surface area contributed by atoms with Gasteiger partial charge in [-0.2, -0.15) is 0 Å². The number of benzene rings is 1. The van der Waals surface area contributed by atoms with E-state index in [0.29, 0.717) is 16.9 Å². The van der Waals surface area contributed by atoms with E-state index in [2.05, 4.69) is 32.6 Å². The van der Waals surface area contributed by atoms with Crippen LogP contribution in [0.1, 0.15) is 46.1 Å². The van der Waals surface area contributed by atoms with Gasteiger partial charge < -0.3 is 10.6 Å². The molecule has 0 spiro atoms. The summed E-state index contributed by atoms with van der Waals surface area (Å²) in [5.74, 6) is 0.564. The second-order valence-corrected chi connectivity index (χ2v) is 6.42. The SMILES string of the molecule is CCC(CC)N(CC(C)C)c1cc(Cl)ccc1C(N)=S. The van der Waals surface area contributed by atoms with Gasteiger partial charge in [0.1, 0.15) is 4.99 Å². The van der Waals surface area contributed by atoms with E-state index in [1.165, 1.54) is 0 Å². The van der Waals surface area contributed by atoms with Crippen LogP contribution in [0.15, 0.2) is 18.2 Å². The Labute approximate surface area is 133 Å². The molecule has 0 saturated carbocycles. The molecule has 2 N–H and O–H groups in total. The molecule has 0 bridgehead atoms. The molecular formula is C16H25ClN2S. The third-order valence-corrected chi connectivity index (χ3v) is 3.93. The standard InChI is InChI=1S/C16H25ClN2S/c1-5-13(6-2)19(10-11(3)4)15-9-12(17)7-8-14(15)16(18)20/h7-9,11,13H,5-6,10H2,1-4H3,(H2,18,20). The first-order valence-electron chi connectivity index (χ1n) is 7.26. The van der Waals surface area contributed by atoms with E-state index in [-0.39, 0.29) is 0 Å². The van der Waals surface area contributed by atoms with Crippen LogP contribution < -0.4 is 10.6 Å². The average molecular weight is 313 g/mol. The minimum atomic E-state index is 0.427. The molecule has 4 heteroatoms. The molecule has 0 heterocycles. The van der Waals surface area contributed by atoms with Crippen LogP contribution in [0.4, 0.5) is 5.69 Å². The van der Waals surface area contributed by atoms with Crippen molar-refractivity contribution in [3.63, 3.8) is 0 Å². The topological polar surface area (TPSA) is 29.3 Å². The highest BCUT2D eigenvalue weighted by atomic mass is 35.5. The largest absolute Gasteiger partial charge is 0.389 e. The molecule has 0 aliphatic heterocycles. The summed E-state index contributed by atoms with van der Waals surface area (Å²) in [7, 11) is 0. The van der Waals surface area contributed by atoms with Gasteiger partial charge in [-0.25, -0.2) is 0 Å². The maximum absolute atomic E-state index is 6.18. The molecule has 20 heavy (non-hydrogen) atoms. The molecule has 2 nitrogen and oxygen atoms in total. The minimum Gasteiger partial charge on any atom is -0.389 e. The van der Waals surface area contributed by atoms with E-state index in [9.17, 15) is 0 Å². The molecule has 1 aromatic rings. The highest BCUT2D eigenvalue weighted by molar-refractivity contribution is 7.80. The number of rotatable bonds is 7. The van der Waals surface area contributed by atoms with Crippen molar-refractivity contribution >= 4 is 34.5 Å². The Bertz CT molecular complexity index is 456. The number of hydrogen-bond donors (Lipinski definition) is 1. The lowest BCUT2D eigenvalue weighted by Crippen LogP contribution is -2.38. The summed E-state index contributed by atoms with van der Waals surface area (Å²) in [5, 5.41) is 0.722. The summed E-state index contributed by atoms with van der Waals surface area (Å²) in [5.41, 5.74) is 7.85. The normalized spacial score (nSPS) is 11.2. The van der Waals surface area contributed by atoms with E-state index in [4.69, 9.17) is 29.6 Å². The van der Waals surface area contributed by atoms with Gasteiger partial charge in [-0.15, -0.1) is 0 Å². The number of nitrogens with two attached hydrogens (primary N) is 1. The Morgan fingerprint density at radius 3 is 2.35 bits per heavy atom. The predicted octanol–water partition coefficient (Wildman–Crippen LogP) is 4.63. The molecule has 0 unspecified atom stereocenters. The smallest absolute Gasteiger partial charge is 0.106 e. The summed E-state index contributed by atoms with van der Waals surface area (Å²) >= 11 is 11.4. The molecule has 0 amide bonds. The number of thiocarbonyl (C=S) groups is 1. The molecule has 0 atom stereocenters. The first-order chi connectivity index (χ1) is 9.40. The quantitative estimate of drug-likeness (QED) is 0.745. The summed E-state index contributed by atoms with van der Waals surface area (Å²) in [6.07, 6.45) is 2.18. The van der Waals surface area contributed by atoms with E-state index in [1.807, 2.05) is 18.2 Å². The Morgan fingerprint density at radius 1 is 1.30 bits per heavy atom. The van der Waals surface area contributed by atoms with E-state index >= 15 is 0 Å². The molecule has 0 radical (unpaired) electrons. The molecule has 1 rings (SSSR count). The molecular weight excluding hydrogens is 288 g/mol. The van der Waals surface area contributed by atoms with Crippen LogP contribution in [-0.4, -0.2) is 17.6 Å². The lowest BCUT2D eigenvalue weighted by Gasteiger charge is -2.35. The lowest BCUT2D eigenvalue weighted by atomic mass is 10.0. The van der Waals surface area contributed by atoms with Crippen molar-refractivity contribution in [3.05, 3.63) is 28.8 Å². The van der Waals surface area contributed by atoms with Crippen LogP contribution in [0.5, 0.6) is 0 Å². The third-order valence-electron chi connectivity index (χ3n) is 3.48. The second kappa shape index (κ2) is 7.84. The van der Waals surface area contributed by atoms with Crippen molar-refractivity contribution in [2.75, 3.05) is 11.4 Å². The van der Waals surface area contributed by atoms with Crippen LogP contribution in [0.3, 0.4) is 0 Å². The van der Waals surface area contributed by atoms with Crippen LogP contribution in [0, 0.1) is 5.92 Å². The van der Waals surface area contributed by atoms with Gasteiger partial charge in [0.25, 0.3) is 0 Å². The van der Waals surface area contributed by atoms with Crippen molar-refractivity contribution in [1.29, 1.82) is 0 Å². The van der Waals surface area contributed by atoms with Gasteiger partial charge >= 0.3 is 0 Å². The zero-order valence-corrected chi connectivity index (χ0v) is 14.4. The molecule has 0 fully saturated rings. The molecule has 112 valence electrons. The Morgan fingerprint density at radius 2 is 1.90 bits per heavy atom. The van der Waals surface area contributed by atoms with E-state index in [0.717, 1.165) is 35.7 Å². The summed E-state index contributed by atoms with van der Waals surface area (Å²) in [6.45, 7) is 9.85. The summed E-state index contributed by atoms with van der Waals surface area (Å²) in [6, 6.07) is 6.23. The first-order valence-corrected chi connectivity index (χ1v) is 8.05. The lowest BCUT2D eigenvalue weighted by molar-refractivity contribution is 0.507. The zero-order valence-electron chi connectivity index (χ0n) is 12.8. The van der Waals surface area contributed by atoms with Crippen molar-refractivity contribution in [1.82, 2.24) is 0 Å². The highest BCUT2D eigenvalue weighted by Crippen LogP contribution is 2.29. The zero-order chi connectivity index (χ0) is 15.3. The average Bonchev–Trinajstić information content (AvgIpc) is 2.38. The van der Waals surface area contributed by atoms with E-state index in [1.54, 1.807) is 0 Å². The monoisotopic (exact) mass is 312 g/mol. The number of nitrogens with zero attached hydrogens (tertiary/aromatic N) is 1. The molecule has 1 aromatic carbocycles. The number of anilines is 1. The Hall–Kier alpha value is -0.800. The summed E-state index contributed by atoms with van der Waals surface area (Å²) in [4.78, 5) is 2.83. The Balaban J connectivity index is 3.31. The van der Waals surface area contributed by atoms with Crippen molar-refractivity contribution in [3.8, 4) is 0 Å². The van der Waals surface area contributed by atoms with Gasteiger partial charge in [0, 0.05) is 28.9 Å². The van der Waals surface area contributed by atoms with Crippen LogP contribution in [-0.2, 0) is 0 Å². The molecule has 0 aliphatic rings. The second-order valence-electron chi connectivity index (χ2n) is 5.54. The molecule has 0 aromatic heterocycles. The van der Waals surface area contributed by atoms with Crippen LogP contribution >= 0.6 is 23.8 Å². The van der Waals surface area contributed by atoms with Gasteiger partial charge in [0.15, 0.2) is 0 Å². The fourth-order valence-electron chi connectivity index (χ4n) is 2.52. The van der Waals surface area contributed by atoms with E-state index < -0.39 is 0 Å². The van der Waals surface area contributed by atoms with Crippen molar-refractivity contribution in [2.24, 2.45) is 11.7 Å². The Kier molecular flexibility index (Phi) is 6.77. The first kappa shape index (κ1) is 17.3. The van der Waals surface area contributed by atoms with Gasteiger partial charge in [0.2, 0.25) is 0 Å². The van der Waals surface area contributed by atoms with Gasteiger partial charge in [0.05, 0.1) is 0 Å². The van der Waals surface area contributed by atoms with Crippen molar-refractivity contribution in [2.45, 2.75) is 46.6 Å². The fourth-order valence-corrected chi connectivity index (χ4v) is 2.86. The molecule has 0 aliphatic carbocycles. The summed E-state index contributed by atoms with van der Waals surface area (Å²) < 4.78 is 0. The number of halogens is 1. The predicted molar refractivity (Wildman–Crippen MR) is 93.9 cm³/mol. The fraction of sp³-hybridized carbons (Fsp3) is 0.562. The van der Waals surface area contributed by atoms with Gasteiger partial charge in [-0.1, -0.05) is 51.5 Å².